The maximum atomic E-state index is 13.0. The van der Waals surface area contributed by atoms with Crippen LogP contribution in [-0.4, -0.2) is 44.5 Å². The Morgan fingerprint density at radius 2 is 1.68 bits per heavy atom. The summed E-state index contributed by atoms with van der Waals surface area (Å²) in [5.74, 6) is 0.490. The lowest BCUT2D eigenvalue weighted by Crippen LogP contribution is -2.35. The summed E-state index contributed by atoms with van der Waals surface area (Å²) < 4.78 is 10.7. The molecular weight excluding hydrogens is 356 g/mol. The molecule has 0 unspecified atom stereocenters. The molecule has 2 aliphatic rings. The van der Waals surface area contributed by atoms with Crippen molar-refractivity contribution >= 4 is 23.1 Å². The highest BCUT2D eigenvalue weighted by molar-refractivity contribution is 6.36. The van der Waals surface area contributed by atoms with Crippen LogP contribution in [-0.2, 0) is 16.0 Å². The van der Waals surface area contributed by atoms with Gasteiger partial charge in [-0.25, -0.2) is 0 Å². The van der Waals surface area contributed by atoms with Crippen molar-refractivity contribution in [2.75, 3.05) is 32.7 Å². The highest BCUT2D eigenvalue weighted by Crippen LogP contribution is 2.39. The van der Waals surface area contributed by atoms with Crippen LogP contribution < -0.4 is 14.4 Å². The normalized spacial score (nSPS) is 16.5. The number of rotatable bonds is 4. The number of hydrogen-bond acceptors (Lipinski definition) is 5. The van der Waals surface area contributed by atoms with Gasteiger partial charge in [-0.3, -0.25) is 14.5 Å². The first kappa shape index (κ1) is 18.1. The predicted octanol–water partition coefficient (Wildman–Crippen LogP) is 2.87. The van der Waals surface area contributed by atoms with Crippen molar-refractivity contribution in [2.24, 2.45) is 0 Å². The van der Waals surface area contributed by atoms with Crippen LogP contribution in [0.5, 0.6) is 11.5 Å². The molecule has 0 aliphatic carbocycles. The standard InChI is InChI=1S/C22H22N2O4/c1-23-21(25)19(15-10-11-17(27-2)18(13-15)28-3)20(22(23)26)24-12-6-8-14-7-4-5-9-16(14)24/h4-5,7,9-11,13H,6,8,12H2,1-3H3. The van der Waals surface area contributed by atoms with Crippen LogP contribution in [0.3, 0.4) is 0 Å². The molecule has 144 valence electrons. The van der Waals surface area contributed by atoms with Crippen molar-refractivity contribution in [3.8, 4) is 11.5 Å². The summed E-state index contributed by atoms with van der Waals surface area (Å²) in [6.07, 6.45) is 1.88. The van der Waals surface area contributed by atoms with Gasteiger partial charge in [0.15, 0.2) is 11.5 Å². The number of hydrogen-bond donors (Lipinski definition) is 0. The molecule has 2 heterocycles. The van der Waals surface area contributed by atoms with E-state index >= 15 is 0 Å². The zero-order chi connectivity index (χ0) is 19.8. The Balaban J connectivity index is 1.91. The number of methoxy groups -OCH3 is 2. The summed E-state index contributed by atoms with van der Waals surface area (Å²) in [6, 6.07) is 13.3. The number of anilines is 1. The van der Waals surface area contributed by atoms with E-state index < -0.39 is 0 Å². The number of nitrogens with zero attached hydrogens (tertiary/aromatic N) is 2. The minimum absolute atomic E-state index is 0.286. The van der Waals surface area contributed by atoms with E-state index in [1.165, 1.54) is 17.5 Å². The lowest BCUT2D eigenvalue weighted by Gasteiger charge is -2.32. The van der Waals surface area contributed by atoms with E-state index in [0.717, 1.165) is 18.5 Å². The first-order valence-electron chi connectivity index (χ1n) is 9.21. The van der Waals surface area contributed by atoms with Gasteiger partial charge < -0.3 is 14.4 Å². The van der Waals surface area contributed by atoms with Gasteiger partial charge in [0.1, 0.15) is 5.70 Å². The summed E-state index contributed by atoms with van der Waals surface area (Å²) in [5, 5.41) is 0. The number of carbonyl (C=O) groups excluding carboxylic acids is 2. The van der Waals surface area contributed by atoms with Gasteiger partial charge in [0.25, 0.3) is 11.8 Å². The van der Waals surface area contributed by atoms with Gasteiger partial charge in [-0.2, -0.15) is 0 Å². The molecule has 0 saturated carbocycles. The second-order valence-electron chi connectivity index (χ2n) is 6.85. The first-order chi connectivity index (χ1) is 13.6. The Morgan fingerprint density at radius 3 is 2.43 bits per heavy atom. The van der Waals surface area contributed by atoms with Gasteiger partial charge in [0, 0.05) is 19.3 Å². The van der Waals surface area contributed by atoms with Crippen molar-refractivity contribution < 1.29 is 19.1 Å². The van der Waals surface area contributed by atoms with Gasteiger partial charge in [0.2, 0.25) is 0 Å². The van der Waals surface area contributed by atoms with E-state index in [1.807, 2.05) is 23.1 Å². The van der Waals surface area contributed by atoms with Crippen LogP contribution in [0.1, 0.15) is 17.5 Å². The Labute approximate surface area is 164 Å². The molecule has 0 bridgehead atoms. The number of para-hydroxylation sites is 1. The fourth-order valence-electron chi connectivity index (χ4n) is 3.90. The SMILES string of the molecule is COc1ccc(C2=C(N3CCCc4ccccc43)C(=O)N(C)C2=O)cc1OC. The largest absolute Gasteiger partial charge is 0.493 e. The zero-order valence-corrected chi connectivity index (χ0v) is 16.2. The highest BCUT2D eigenvalue weighted by atomic mass is 16.5. The predicted molar refractivity (Wildman–Crippen MR) is 106 cm³/mol. The van der Waals surface area contributed by atoms with Crippen molar-refractivity contribution in [1.82, 2.24) is 4.90 Å². The van der Waals surface area contributed by atoms with Gasteiger partial charge in [-0.05, 0) is 42.2 Å². The fraction of sp³-hybridized carbons (Fsp3) is 0.273. The molecule has 0 fully saturated rings. The number of carbonyl (C=O) groups is 2. The molecule has 0 radical (unpaired) electrons. The molecule has 0 spiro atoms. The van der Waals surface area contributed by atoms with E-state index in [0.29, 0.717) is 34.9 Å². The molecule has 0 aromatic heterocycles. The first-order valence-corrected chi connectivity index (χ1v) is 9.21. The maximum absolute atomic E-state index is 13.0. The quantitative estimate of drug-likeness (QED) is 0.766. The summed E-state index contributed by atoms with van der Waals surface area (Å²) in [7, 11) is 4.63. The number of likely N-dealkylation sites (N-methyl/N-ethyl adjacent to an activating group) is 1. The number of benzene rings is 2. The minimum atomic E-state index is -0.310. The molecular formula is C22H22N2O4. The topological polar surface area (TPSA) is 59.1 Å². The number of aryl methyl sites for hydroxylation is 1. The monoisotopic (exact) mass is 378 g/mol. The van der Waals surface area contributed by atoms with Crippen LogP contribution >= 0.6 is 0 Å². The molecule has 2 aromatic rings. The molecule has 4 rings (SSSR count). The Morgan fingerprint density at radius 1 is 0.929 bits per heavy atom. The van der Waals surface area contributed by atoms with E-state index in [1.54, 1.807) is 32.4 Å². The average molecular weight is 378 g/mol. The Bertz CT molecular complexity index is 996. The molecule has 2 aliphatic heterocycles. The third kappa shape index (κ3) is 2.72. The zero-order valence-electron chi connectivity index (χ0n) is 16.2. The third-order valence-corrected chi connectivity index (χ3v) is 5.31. The second-order valence-corrected chi connectivity index (χ2v) is 6.85. The minimum Gasteiger partial charge on any atom is -0.493 e. The molecule has 0 N–H and O–H groups in total. The molecule has 28 heavy (non-hydrogen) atoms. The number of fused-ring (bicyclic) bond motifs is 1. The third-order valence-electron chi connectivity index (χ3n) is 5.31. The van der Waals surface area contributed by atoms with E-state index in [4.69, 9.17) is 9.47 Å². The van der Waals surface area contributed by atoms with Crippen molar-refractivity contribution in [1.29, 1.82) is 0 Å². The van der Waals surface area contributed by atoms with Gasteiger partial charge >= 0.3 is 0 Å². The molecule has 6 heteroatoms. The van der Waals surface area contributed by atoms with Crippen LogP contribution in [0.4, 0.5) is 5.69 Å². The van der Waals surface area contributed by atoms with Gasteiger partial charge in [-0.15, -0.1) is 0 Å². The Kier molecular flexibility index (Phi) is 4.55. The lowest BCUT2D eigenvalue weighted by molar-refractivity contribution is -0.135. The van der Waals surface area contributed by atoms with E-state index in [-0.39, 0.29) is 11.8 Å². The van der Waals surface area contributed by atoms with Gasteiger partial charge in [-0.1, -0.05) is 24.3 Å². The molecule has 6 nitrogen and oxygen atoms in total. The number of amides is 2. The average Bonchev–Trinajstić information content (AvgIpc) is 2.96. The van der Waals surface area contributed by atoms with Crippen molar-refractivity contribution in [2.45, 2.75) is 12.8 Å². The maximum Gasteiger partial charge on any atom is 0.277 e. The number of imide groups is 1. The summed E-state index contributed by atoms with van der Waals surface area (Å²) in [4.78, 5) is 29.2. The van der Waals surface area contributed by atoms with Crippen LogP contribution in [0, 0.1) is 0 Å². The van der Waals surface area contributed by atoms with E-state index in [9.17, 15) is 9.59 Å². The molecule has 2 aromatic carbocycles. The molecule has 2 amide bonds. The van der Waals surface area contributed by atoms with Gasteiger partial charge in [0.05, 0.1) is 19.8 Å². The summed E-state index contributed by atoms with van der Waals surface area (Å²) in [5.41, 5.74) is 3.62. The van der Waals surface area contributed by atoms with Crippen LogP contribution in [0.25, 0.3) is 5.57 Å². The smallest absolute Gasteiger partial charge is 0.277 e. The van der Waals surface area contributed by atoms with E-state index in [2.05, 4.69) is 6.07 Å². The van der Waals surface area contributed by atoms with Crippen molar-refractivity contribution in [3.05, 3.63) is 59.3 Å². The molecule has 0 atom stereocenters. The second kappa shape index (κ2) is 7.03. The summed E-state index contributed by atoms with van der Waals surface area (Å²) in [6.45, 7) is 0.690. The number of ether oxygens (including phenoxy) is 2. The summed E-state index contributed by atoms with van der Waals surface area (Å²) >= 11 is 0. The van der Waals surface area contributed by atoms with Crippen LogP contribution in [0.2, 0.25) is 0 Å². The highest BCUT2D eigenvalue weighted by Gasteiger charge is 2.41. The lowest BCUT2D eigenvalue weighted by atomic mass is 9.98. The fourth-order valence-corrected chi connectivity index (χ4v) is 3.90. The Hall–Kier alpha value is -3.28. The van der Waals surface area contributed by atoms with Crippen LogP contribution in [0.15, 0.2) is 48.2 Å². The molecule has 0 saturated heterocycles. The van der Waals surface area contributed by atoms with Crippen molar-refractivity contribution in [3.63, 3.8) is 0 Å².